The number of halogens is 3. The van der Waals surface area contributed by atoms with Crippen LogP contribution in [0.1, 0.15) is 53.1 Å². The van der Waals surface area contributed by atoms with Gasteiger partial charge < -0.3 is 15.6 Å². The Hall–Kier alpha value is -3.13. The fourth-order valence-corrected chi connectivity index (χ4v) is 3.66. The molecule has 0 bridgehead atoms. The van der Waals surface area contributed by atoms with Crippen LogP contribution in [-0.4, -0.2) is 29.0 Å². The van der Waals surface area contributed by atoms with E-state index in [0.29, 0.717) is 11.2 Å². The third kappa shape index (κ3) is 3.82. The molecule has 3 heterocycles. The summed E-state index contributed by atoms with van der Waals surface area (Å²) in [6.45, 7) is 3.12. The van der Waals surface area contributed by atoms with Crippen molar-refractivity contribution in [3.8, 4) is 0 Å². The number of rotatable bonds is 5. The molecule has 1 atom stereocenters. The summed E-state index contributed by atoms with van der Waals surface area (Å²) in [5.41, 5.74) is 1.84. The van der Waals surface area contributed by atoms with E-state index < -0.39 is 29.8 Å². The molecule has 1 aromatic carbocycles. The van der Waals surface area contributed by atoms with Gasteiger partial charge in [-0.1, -0.05) is 24.3 Å². The Balaban J connectivity index is 1.66. The second kappa shape index (κ2) is 8.31. The van der Waals surface area contributed by atoms with Crippen LogP contribution in [0, 0.1) is 5.82 Å². The zero-order valence-electron chi connectivity index (χ0n) is 16.3. The van der Waals surface area contributed by atoms with Gasteiger partial charge in [0.1, 0.15) is 5.82 Å². The minimum atomic E-state index is -2.93. The van der Waals surface area contributed by atoms with Gasteiger partial charge in [-0.3, -0.25) is 4.79 Å². The van der Waals surface area contributed by atoms with Crippen LogP contribution < -0.4 is 10.6 Å². The van der Waals surface area contributed by atoms with E-state index in [0.717, 1.165) is 36.5 Å². The first-order valence-corrected chi connectivity index (χ1v) is 9.71. The lowest BCUT2D eigenvalue weighted by Gasteiger charge is -2.18. The first-order chi connectivity index (χ1) is 14.5. The molecule has 1 amide bonds. The number of benzene rings is 1. The van der Waals surface area contributed by atoms with E-state index in [1.807, 2.05) is 18.2 Å². The maximum Gasteiger partial charge on any atom is 0.272 e. The van der Waals surface area contributed by atoms with Gasteiger partial charge in [-0.05, 0) is 37.6 Å². The molecule has 1 aliphatic rings. The highest BCUT2D eigenvalue weighted by Crippen LogP contribution is 2.28. The van der Waals surface area contributed by atoms with Crippen molar-refractivity contribution in [2.24, 2.45) is 0 Å². The Morgan fingerprint density at radius 3 is 2.77 bits per heavy atom. The number of pyridine rings is 1. The van der Waals surface area contributed by atoms with E-state index in [9.17, 15) is 18.0 Å². The molecule has 3 N–H and O–H groups in total. The first-order valence-electron chi connectivity index (χ1n) is 9.71. The number of fused-ring (bicyclic) bond motifs is 1. The van der Waals surface area contributed by atoms with Crippen LogP contribution >= 0.6 is 0 Å². The van der Waals surface area contributed by atoms with Gasteiger partial charge in [0.25, 0.3) is 12.3 Å². The van der Waals surface area contributed by atoms with Gasteiger partial charge in [-0.2, -0.15) is 0 Å². The van der Waals surface area contributed by atoms with Gasteiger partial charge in [0, 0.05) is 23.7 Å². The molecule has 5 nitrogen and oxygen atoms in total. The van der Waals surface area contributed by atoms with Crippen LogP contribution in [0.5, 0.6) is 0 Å². The second-order valence-electron chi connectivity index (χ2n) is 7.23. The summed E-state index contributed by atoms with van der Waals surface area (Å²) in [7, 11) is 0. The molecule has 156 valence electrons. The van der Waals surface area contributed by atoms with Crippen molar-refractivity contribution in [3.63, 3.8) is 0 Å². The number of carbonyl (C=O) groups excluding carboxylic acids is 1. The smallest absolute Gasteiger partial charge is 0.272 e. The topological polar surface area (TPSA) is 69.8 Å². The molecule has 0 saturated carbocycles. The van der Waals surface area contributed by atoms with Crippen molar-refractivity contribution >= 4 is 22.4 Å². The van der Waals surface area contributed by atoms with E-state index in [2.05, 4.69) is 20.6 Å². The van der Waals surface area contributed by atoms with Gasteiger partial charge >= 0.3 is 0 Å². The second-order valence-corrected chi connectivity index (χ2v) is 7.23. The highest BCUT2D eigenvalue weighted by Gasteiger charge is 2.23. The van der Waals surface area contributed by atoms with Gasteiger partial charge in [0.2, 0.25) is 0 Å². The van der Waals surface area contributed by atoms with Crippen LogP contribution in [0.25, 0.3) is 16.5 Å². The van der Waals surface area contributed by atoms with Crippen molar-refractivity contribution in [1.82, 2.24) is 20.6 Å². The molecule has 0 radical (unpaired) electrons. The average Bonchev–Trinajstić information content (AvgIpc) is 3.22. The predicted octanol–water partition coefficient (Wildman–Crippen LogP) is 4.51. The lowest BCUT2D eigenvalue weighted by atomic mass is 10.0. The molecular weight excluding hydrogens is 393 g/mol. The molecule has 0 fully saturated rings. The molecular formula is C22H21F3N4O. The SMILES string of the molecule is C[C@@H](NC(=O)c1nc(C2=CCNCC2)cc2cc[nH]c12)c1cccc(C(F)F)c1F. The van der Waals surface area contributed by atoms with E-state index in [1.54, 1.807) is 13.1 Å². The highest BCUT2D eigenvalue weighted by atomic mass is 19.3. The molecule has 2 aromatic heterocycles. The Kier molecular flexibility index (Phi) is 5.59. The fourth-order valence-electron chi connectivity index (χ4n) is 3.66. The summed E-state index contributed by atoms with van der Waals surface area (Å²) in [4.78, 5) is 20.6. The summed E-state index contributed by atoms with van der Waals surface area (Å²) >= 11 is 0. The molecule has 0 aliphatic carbocycles. The fraction of sp³-hybridized carbons (Fsp3) is 0.273. The van der Waals surface area contributed by atoms with Crippen LogP contribution in [0.4, 0.5) is 13.2 Å². The highest BCUT2D eigenvalue weighted by molar-refractivity contribution is 6.04. The van der Waals surface area contributed by atoms with Gasteiger partial charge in [-0.25, -0.2) is 18.2 Å². The zero-order chi connectivity index (χ0) is 21.3. The third-order valence-electron chi connectivity index (χ3n) is 5.26. The van der Waals surface area contributed by atoms with Crippen molar-refractivity contribution in [2.45, 2.75) is 25.8 Å². The largest absolute Gasteiger partial charge is 0.359 e. The van der Waals surface area contributed by atoms with Gasteiger partial charge in [0.15, 0.2) is 5.69 Å². The molecule has 0 saturated heterocycles. The van der Waals surface area contributed by atoms with Crippen LogP contribution in [0.3, 0.4) is 0 Å². The molecule has 1 aliphatic heterocycles. The molecule has 30 heavy (non-hydrogen) atoms. The summed E-state index contributed by atoms with van der Waals surface area (Å²) in [5.74, 6) is -1.51. The maximum absolute atomic E-state index is 14.5. The molecule has 3 aromatic rings. The first kappa shape index (κ1) is 20.2. The number of hydrogen-bond acceptors (Lipinski definition) is 3. The predicted molar refractivity (Wildman–Crippen MR) is 109 cm³/mol. The van der Waals surface area contributed by atoms with Crippen LogP contribution in [0.15, 0.2) is 42.6 Å². The number of nitrogens with one attached hydrogen (secondary N) is 3. The Labute approximate surface area is 171 Å². The van der Waals surface area contributed by atoms with Crippen LogP contribution in [-0.2, 0) is 0 Å². The zero-order valence-corrected chi connectivity index (χ0v) is 16.3. The number of hydrogen-bond donors (Lipinski definition) is 3. The van der Waals surface area contributed by atoms with E-state index in [-0.39, 0.29) is 11.3 Å². The molecule has 0 spiro atoms. The number of aromatic nitrogens is 2. The Morgan fingerprint density at radius 1 is 1.23 bits per heavy atom. The third-order valence-corrected chi connectivity index (χ3v) is 5.26. The summed E-state index contributed by atoms with van der Waals surface area (Å²) in [5, 5.41) is 6.77. The normalized spacial score (nSPS) is 15.3. The number of aromatic amines is 1. The minimum Gasteiger partial charge on any atom is -0.359 e. The summed E-state index contributed by atoms with van der Waals surface area (Å²) < 4.78 is 40.5. The Bertz CT molecular complexity index is 1120. The standard InChI is InChI=1S/C22H21F3N4O/c1-12(15-3-2-4-16(18(15)23)21(24)25)28-22(30)20-19-14(7-10-27-19)11-17(29-20)13-5-8-26-9-6-13/h2-5,7,10-12,21,26-27H,6,8-9H2,1H3,(H,28,30)/t12-/m1/s1. The van der Waals surface area contributed by atoms with E-state index >= 15 is 0 Å². The number of nitrogens with zero attached hydrogens (tertiary/aromatic N) is 1. The molecule has 0 unspecified atom stereocenters. The average molecular weight is 414 g/mol. The molecule has 4 rings (SSSR count). The van der Waals surface area contributed by atoms with Crippen molar-refractivity contribution < 1.29 is 18.0 Å². The number of alkyl halides is 2. The minimum absolute atomic E-state index is 0.00102. The van der Waals surface area contributed by atoms with Crippen molar-refractivity contribution in [2.75, 3.05) is 13.1 Å². The van der Waals surface area contributed by atoms with Gasteiger partial charge in [0.05, 0.1) is 22.8 Å². The Morgan fingerprint density at radius 2 is 2.03 bits per heavy atom. The lowest BCUT2D eigenvalue weighted by Crippen LogP contribution is -2.29. The number of carbonyl (C=O) groups is 1. The number of H-pyrrole nitrogens is 1. The van der Waals surface area contributed by atoms with Gasteiger partial charge in [-0.15, -0.1) is 0 Å². The quantitative estimate of drug-likeness (QED) is 0.576. The maximum atomic E-state index is 14.5. The van der Waals surface area contributed by atoms with E-state index in [4.69, 9.17) is 0 Å². The molecule has 8 heteroatoms. The lowest BCUT2D eigenvalue weighted by molar-refractivity contribution is 0.0936. The van der Waals surface area contributed by atoms with Crippen molar-refractivity contribution in [1.29, 1.82) is 0 Å². The van der Waals surface area contributed by atoms with E-state index in [1.165, 1.54) is 12.1 Å². The summed E-state index contributed by atoms with van der Waals surface area (Å²) in [6.07, 6.45) is 1.63. The van der Waals surface area contributed by atoms with Crippen molar-refractivity contribution in [3.05, 3.63) is 70.9 Å². The summed E-state index contributed by atoms with van der Waals surface area (Å²) in [6, 6.07) is 6.75. The van der Waals surface area contributed by atoms with Crippen LogP contribution in [0.2, 0.25) is 0 Å². The number of amides is 1. The monoisotopic (exact) mass is 414 g/mol.